The van der Waals surface area contributed by atoms with E-state index in [1.165, 1.54) is 0 Å². The third kappa shape index (κ3) is 3.75. The van der Waals surface area contributed by atoms with E-state index in [1.54, 1.807) is 0 Å². The maximum Gasteiger partial charge on any atom is 0.326 e. The van der Waals surface area contributed by atoms with E-state index in [9.17, 15) is 9.59 Å². The highest BCUT2D eigenvalue weighted by atomic mass is 16.4. The highest BCUT2D eigenvalue weighted by Gasteiger charge is 2.23. The topological polar surface area (TPSA) is 98.7 Å². The van der Waals surface area contributed by atoms with Crippen molar-refractivity contribution in [2.75, 3.05) is 6.61 Å². The first-order valence-corrected chi connectivity index (χ1v) is 5.04. The summed E-state index contributed by atoms with van der Waals surface area (Å²) >= 11 is 0. The Balaban J connectivity index is 2.28. The zero-order chi connectivity index (χ0) is 11.3. The van der Waals surface area contributed by atoms with E-state index >= 15 is 0 Å². The molecule has 0 aromatic heterocycles. The molecule has 0 spiro atoms. The normalized spacial score (nSPS) is 17.7. The van der Waals surface area contributed by atoms with Gasteiger partial charge in [0, 0.05) is 19.1 Å². The number of carbonyl (C=O) groups is 2. The van der Waals surface area contributed by atoms with Crippen LogP contribution in [0.25, 0.3) is 0 Å². The number of carbonyl (C=O) groups excluding carboxylic acids is 1. The highest BCUT2D eigenvalue weighted by Crippen LogP contribution is 2.17. The minimum absolute atomic E-state index is 0.0213. The van der Waals surface area contributed by atoms with E-state index in [4.69, 9.17) is 10.2 Å². The molecular weight excluding hydrogens is 200 g/mol. The number of urea groups is 1. The Bertz CT molecular complexity index is 240. The molecule has 0 aliphatic heterocycles. The van der Waals surface area contributed by atoms with Crippen LogP contribution in [-0.2, 0) is 4.79 Å². The fraction of sp³-hybridized carbons (Fsp3) is 0.778. The fourth-order valence-electron chi connectivity index (χ4n) is 1.32. The zero-order valence-corrected chi connectivity index (χ0v) is 8.40. The number of nitrogens with one attached hydrogen (secondary N) is 2. The lowest BCUT2D eigenvalue weighted by atomic mass is 9.93. The maximum absolute atomic E-state index is 11.3. The van der Waals surface area contributed by atoms with E-state index in [-0.39, 0.29) is 19.1 Å². The van der Waals surface area contributed by atoms with Crippen molar-refractivity contribution in [1.82, 2.24) is 10.6 Å². The van der Waals surface area contributed by atoms with Crippen molar-refractivity contribution in [3.05, 3.63) is 0 Å². The molecule has 1 atom stereocenters. The number of amides is 2. The first kappa shape index (κ1) is 11.8. The van der Waals surface area contributed by atoms with Gasteiger partial charge < -0.3 is 20.8 Å². The summed E-state index contributed by atoms with van der Waals surface area (Å²) in [5, 5.41) is 22.3. The first-order valence-electron chi connectivity index (χ1n) is 5.04. The molecule has 15 heavy (non-hydrogen) atoms. The number of aliphatic hydroxyl groups is 1. The van der Waals surface area contributed by atoms with Crippen LogP contribution in [0.15, 0.2) is 0 Å². The Morgan fingerprint density at radius 2 is 2.07 bits per heavy atom. The van der Waals surface area contributed by atoms with Crippen LogP contribution >= 0.6 is 0 Å². The molecular formula is C9H16N2O4. The van der Waals surface area contributed by atoms with E-state index < -0.39 is 18.0 Å². The van der Waals surface area contributed by atoms with Gasteiger partial charge in [0.25, 0.3) is 0 Å². The van der Waals surface area contributed by atoms with Crippen molar-refractivity contribution in [2.45, 2.75) is 37.8 Å². The first-order chi connectivity index (χ1) is 7.13. The van der Waals surface area contributed by atoms with Crippen molar-refractivity contribution in [2.24, 2.45) is 0 Å². The van der Waals surface area contributed by atoms with Crippen LogP contribution in [0, 0.1) is 0 Å². The third-order valence-corrected chi connectivity index (χ3v) is 2.46. The van der Waals surface area contributed by atoms with Crippen LogP contribution in [-0.4, -0.2) is 40.9 Å². The lowest BCUT2D eigenvalue weighted by molar-refractivity contribution is -0.139. The van der Waals surface area contributed by atoms with Gasteiger partial charge in [0.15, 0.2) is 0 Å². The summed E-state index contributed by atoms with van der Waals surface area (Å²) in [4.78, 5) is 21.9. The average Bonchev–Trinajstić information content (AvgIpc) is 2.10. The predicted molar refractivity (Wildman–Crippen MR) is 52.4 cm³/mol. The summed E-state index contributed by atoms with van der Waals surface area (Å²) in [6, 6.07) is -1.32. The smallest absolute Gasteiger partial charge is 0.326 e. The molecule has 4 N–H and O–H groups in total. The number of aliphatic hydroxyl groups excluding tert-OH is 1. The molecule has 1 aliphatic rings. The molecule has 0 radical (unpaired) electrons. The van der Waals surface area contributed by atoms with Crippen molar-refractivity contribution < 1.29 is 19.8 Å². The summed E-state index contributed by atoms with van der Waals surface area (Å²) in [5.74, 6) is -1.13. The Morgan fingerprint density at radius 3 is 2.47 bits per heavy atom. The molecule has 1 fully saturated rings. The Morgan fingerprint density at radius 1 is 1.40 bits per heavy atom. The molecule has 0 aromatic carbocycles. The van der Waals surface area contributed by atoms with Crippen molar-refractivity contribution in [3.63, 3.8) is 0 Å². The fourth-order valence-corrected chi connectivity index (χ4v) is 1.32. The van der Waals surface area contributed by atoms with Gasteiger partial charge in [0.05, 0.1) is 0 Å². The number of carboxylic acids is 1. The second kappa shape index (κ2) is 5.55. The molecule has 0 heterocycles. The Kier molecular flexibility index (Phi) is 4.36. The largest absolute Gasteiger partial charge is 0.480 e. The van der Waals surface area contributed by atoms with Gasteiger partial charge in [-0.25, -0.2) is 9.59 Å². The van der Waals surface area contributed by atoms with Crippen LogP contribution in [0.4, 0.5) is 4.79 Å². The van der Waals surface area contributed by atoms with Crippen LogP contribution in [0.5, 0.6) is 0 Å². The Hall–Kier alpha value is -1.30. The molecule has 6 nitrogen and oxygen atoms in total. The minimum atomic E-state index is -1.13. The molecule has 0 unspecified atom stereocenters. The predicted octanol–water partition coefficient (Wildman–Crippen LogP) is -0.326. The van der Waals surface area contributed by atoms with Gasteiger partial charge in [0.2, 0.25) is 0 Å². The molecule has 0 bridgehead atoms. The summed E-state index contributed by atoms with van der Waals surface area (Å²) < 4.78 is 0. The average molecular weight is 216 g/mol. The van der Waals surface area contributed by atoms with Gasteiger partial charge in [-0.2, -0.15) is 0 Å². The van der Waals surface area contributed by atoms with E-state index in [0.717, 1.165) is 19.3 Å². The highest BCUT2D eigenvalue weighted by molar-refractivity contribution is 5.82. The maximum atomic E-state index is 11.3. The quantitative estimate of drug-likeness (QED) is 0.506. The number of hydrogen-bond donors (Lipinski definition) is 4. The van der Waals surface area contributed by atoms with Crippen molar-refractivity contribution >= 4 is 12.0 Å². The Labute approximate surface area is 87.7 Å². The standard InChI is InChI=1S/C9H16N2O4/c12-5-4-7(8(13)14)11-9(15)10-6-2-1-3-6/h6-7,12H,1-5H2,(H,13,14)(H2,10,11,15)/t7-/m1/s1. The lowest BCUT2D eigenvalue weighted by Gasteiger charge is -2.27. The van der Waals surface area contributed by atoms with Crippen LogP contribution in [0.3, 0.4) is 0 Å². The van der Waals surface area contributed by atoms with Crippen LogP contribution < -0.4 is 10.6 Å². The number of hydrogen-bond acceptors (Lipinski definition) is 3. The van der Waals surface area contributed by atoms with E-state index in [2.05, 4.69) is 10.6 Å². The third-order valence-electron chi connectivity index (χ3n) is 2.46. The van der Waals surface area contributed by atoms with Gasteiger partial charge in [-0.3, -0.25) is 0 Å². The van der Waals surface area contributed by atoms with Crippen LogP contribution in [0.1, 0.15) is 25.7 Å². The second-order valence-electron chi connectivity index (χ2n) is 3.65. The lowest BCUT2D eigenvalue weighted by Crippen LogP contribution is -2.50. The molecule has 0 aromatic rings. The molecule has 6 heteroatoms. The van der Waals surface area contributed by atoms with Gasteiger partial charge in [0.1, 0.15) is 6.04 Å². The molecule has 1 saturated carbocycles. The molecule has 1 aliphatic carbocycles. The summed E-state index contributed by atoms with van der Waals surface area (Å²) in [6.45, 7) is -0.263. The monoisotopic (exact) mass is 216 g/mol. The summed E-state index contributed by atoms with van der Waals surface area (Å²) in [5.41, 5.74) is 0. The van der Waals surface area contributed by atoms with E-state index in [0.29, 0.717) is 0 Å². The van der Waals surface area contributed by atoms with Gasteiger partial charge in [-0.1, -0.05) is 0 Å². The summed E-state index contributed by atoms with van der Waals surface area (Å²) in [6.07, 6.45) is 3.02. The number of carboxylic acid groups (broad SMARTS) is 1. The minimum Gasteiger partial charge on any atom is -0.480 e. The number of rotatable bonds is 5. The SMILES string of the molecule is O=C(NC1CCC1)N[C@H](CCO)C(=O)O. The number of aliphatic carboxylic acids is 1. The van der Waals surface area contributed by atoms with Gasteiger partial charge >= 0.3 is 12.0 Å². The molecule has 86 valence electrons. The van der Waals surface area contributed by atoms with Crippen LogP contribution in [0.2, 0.25) is 0 Å². The van der Waals surface area contributed by atoms with Gasteiger partial charge in [-0.05, 0) is 19.3 Å². The van der Waals surface area contributed by atoms with E-state index in [1.807, 2.05) is 0 Å². The second-order valence-corrected chi connectivity index (χ2v) is 3.65. The molecule has 2 amide bonds. The molecule has 1 rings (SSSR count). The summed E-state index contributed by atoms with van der Waals surface area (Å²) in [7, 11) is 0. The zero-order valence-electron chi connectivity index (χ0n) is 8.40. The molecule has 0 saturated heterocycles. The van der Waals surface area contributed by atoms with Crippen molar-refractivity contribution in [3.8, 4) is 0 Å². The van der Waals surface area contributed by atoms with Crippen molar-refractivity contribution in [1.29, 1.82) is 0 Å². The van der Waals surface area contributed by atoms with Gasteiger partial charge in [-0.15, -0.1) is 0 Å².